The van der Waals surface area contributed by atoms with E-state index >= 15 is 0 Å². The second-order valence-corrected chi connectivity index (χ2v) is 22.2. The molecule has 2 spiro atoms. The van der Waals surface area contributed by atoms with Crippen molar-refractivity contribution >= 4 is 17.1 Å². The highest BCUT2D eigenvalue weighted by Crippen LogP contribution is 2.64. The lowest BCUT2D eigenvalue weighted by Crippen LogP contribution is -2.32. The molecule has 13 aromatic carbocycles. The van der Waals surface area contributed by atoms with Crippen LogP contribution in [-0.4, -0.2) is 0 Å². The number of rotatable bonds is 7. The molecule has 388 valence electrons. The Morgan fingerprint density at radius 2 is 0.554 bits per heavy atom. The molecule has 3 nitrogen and oxygen atoms in total. The highest BCUT2D eigenvalue weighted by atomic mass is 16.5. The predicted molar refractivity (Wildman–Crippen MR) is 338 cm³/mol. The van der Waals surface area contributed by atoms with Crippen molar-refractivity contribution in [2.45, 2.75) is 10.8 Å². The lowest BCUT2D eigenvalue weighted by atomic mass is 9.66. The van der Waals surface area contributed by atoms with Crippen molar-refractivity contribution in [3.05, 3.63) is 354 Å². The Balaban J connectivity index is 0.815. The van der Waals surface area contributed by atoms with Gasteiger partial charge in [-0.05, 0) is 150 Å². The van der Waals surface area contributed by atoms with E-state index in [1.807, 2.05) is 0 Å². The van der Waals surface area contributed by atoms with Crippen LogP contribution in [0.4, 0.5) is 17.1 Å². The van der Waals surface area contributed by atoms with Crippen LogP contribution in [0.5, 0.6) is 23.0 Å². The average molecular weight is 1060 g/mol. The normalized spacial score (nSPS) is 13.7. The van der Waals surface area contributed by atoms with Gasteiger partial charge in [-0.25, -0.2) is 0 Å². The lowest BCUT2D eigenvalue weighted by molar-refractivity contribution is 0.436. The fourth-order valence-corrected chi connectivity index (χ4v) is 14.5. The fourth-order valence-electron chi connectivity index (χ4n) is 14.5. The number of hydrogen-bond donors (Lipinski definition) is 0. The van der Waals surface area contributed by atoms with E-state index in [-0.39, 0.29) is 0 Å². The number of anilines is 3. The molecule has 3 heteroatoms. The molecule has 4 aliphatic rings. The molecule has 0 aromatic heterocycles. The zero-order valence-corrected chi connectivity index (χ0v) is 45.2. The van der Waals surface area contributed by atoms with Gasteiger partial charge in [0.15, 0.2) is 0 Å². The van der Waals surface area contributed by atoms with Crippen LogP contribution in [0.2, 0.25) is 0 Å². The van der Waals surface area contributed by atoms with Gasteiger partial charge in [-0.15, -0.1) is 0 Å². The summed E-state index contributed by atoms with van der Waals surface area (Å²) in [6, 6.07) is 113. The van der Waals surface area contributed by atoms with Crippen LogP contribution in [0.15, 0.2) is 309 Å². The van der Waals surface area contributed by atoms with E-state index in [1.165, 1.54) is 55.6 Å². The van der Waals surface area contributed by atoms with E-state index < -0.39 is 10.8 Å². The van der Waals surface area contributed by atoms with Gasteiger partial charge < -0.3 is 14.4 Å². The molecule has 0 bridgehead atoms. The maximum Gasteiger partial charge on any atom is 0.132 e. The quantitative estimate of drug-likeness (QED) is 0.159. The first-order chi connectivity index (χ1) is 41.1. The maximum absolute atomic E-state index is 6.70. The second kappa shape index (κ2) is 18.4. The van der Waals surface area contributed by atoms with Crippen molar-refractivity contribution < 1.29 is 9.47 Å². The summed E-state index contributed by atoms with van der Waals surface area (Å²) in [4.78, 5) is 2.44. The SMILES string of the molecule is c1ccc(-c2ccc(-c3ccccc3N(c3ccc(-c4ccc5c(c4)C4(c6ccccc6Oc6ccccc64)c4ccccc4-5)cc3)c3cccc(-c4ccc5c(c4)C4(c6ccccc6Oc6ccccc64)c4ccccc4-5)c3)cc2)cc1. The van der Waals surface area contributed by atoms with Crippen LogP contribution >= 0.6 is 0 Å². The summed E-state index contributed by atoms with van der Waals surface area (Å²) in [5.74, 6) is 3.55. The van der Waals surface area contributed by atoms with Crippen LogP contribution in [0, 0.1) is 0 Å². The van der Waals surface area contributed by atoms with Crippen LogP contribution in [0.1, 0.15) is 44.5 Å². The summed E-state index contributed by atoms with van der Waals surface area (Å²) in [6.07, 6.45) is 0. The molecule has 83 heavy (non-hydrogen) atoms. The van der Waals surface area contributed by atoms with Crippen molar-refractivity contribution in [1.29, 1.82) is 0 Å². The molecule has 0 radical (unpaired) electrons. The number of hydrogen-bond acceptors (Lipinski definition) is 3. The maximum atomic E-state index is 6.70. The molecule has 0 fully saturated rings. The highest BCUT2D eigenvalue weighted by molar-refractivity contribution is 5.94. The second-order valence-electron chi connectivity index (χ2n) is 22.2. The van der Waals surface area contributed by atoms with Gasteiger partial charge in [0.1, 0.15) is 23.0 Å². The van der Waals surface area contributed by atoms with Crippen LogP contribution < -0.4 is 14.4 Å². The number of fused-ring (bicyclic) bond motifs is 18. The minimum absolute atomic E-state index is 0.554. The first kappa shape index (κ1) is 47.1. The molecule has 0 saturated heterocycles. The van der Waals surface area contributed by atoms with Crippen molar-refractivity contribution in [2.75, 3.05) is 4.90 Å². The van der Waals surface area contributed by atoms with E-state index in [0.29, 0.717) is 0 Å². The van der Waals surface area contributed by atoms with Crippen LogP contribution in [0.3, 0.4) is 0 Å². The Bertz CT molecular complexity index is 4660. The molecular formula is C80H51NO2. The van der Waals surface area contributed by atoms with Crippen molar-refractivity contribution in [2.24, 2.45) is 0 Å². The summed E-state index contributed by atoms with van der Waals surface area (Å²) < 4.78 is 13.4. The monoisotopic (exact) mass is 1060 g/mol. The lowest BCUT2D eigenvalue weighted by Gasteiger charge is -2.39. The predicted octanol–water partition coefficient (Wildman–Crippen LogP) is 20.8. The molecule has 2 aliphatic heterocycles. The Morgan fingerprint density at radius 3 is 1.08 bits per heavy atom. The standard InChI is InChI=1S/C80H51NO2/c1-2-19-52(20-3-1)53-37-39-55(40-38-53)61-23-6-13-32-74(61)81(59-45-41-54(42-46-59)57-43-47-64-62-24-4-7-26-66(62)79(72(64)50-57)68-28-9-14-33-75(68)82-76-34-15-10-29-69(76)79)60-22-18-21-56(49-60)58-44-48-65-63-25-5-8-27-67(63)80(73(65)51-58)70-30-11-16-35-77(70)83-78-36-17-12-31-71(78)80/h1-51H. The molecule has 0 amide bonds. The minimum atomic E-state index is -0.572. The number of benzene rings is 13. The van der Waals surface area contributed by atoms with E-state index in [1.54, 1.807) is 0 Å². The first-order valence-corrected chi connectivity index (χ1v) is 28.6. The Labute approximate surface area is 483 Å². The van der Waals surface area contributed by atoms with Gasteiger partial charge in [-0.3, -0.25) is 0 Å². The number of para-hydroxylation sites is 5. The van der Waals surface area contributed by atoms with Gasteiger partial charge in [-0.1, -0.05) is 243 Å². The minimum Gasteiger partial charge on any atom is -0.457 e. The molecule has 0 unspecified atom stereocenters. The van der Waals surface area contributed by atoms with Gasteiger partial charge in [0.2, 0.25) is 0 Å². The fraction of sp³-hybridized carbons (Fsp3) is 0.0250. The van der Waals surface area contributed by atoms with Gasteiger partial charge in [-0.2, -0.15) is 0 Å². The van der Waals surface area contributed by atoms with E-state index in [0.717, 1.165) is 95.7 Å². The molecule has 2 aliphatic carbocycles. The van der Waals surface area contributed by atoms with E-state index in [9.17, 15) is 0 Å². The largest absolute Gasteiger partial charge is 0.457 e. The van der Waals surface area contributed by atoms with Gasteiger partial charge in [0.05, 0.1) is 16.5 Å². The molecule has 13 aromatic rings. The zero-order valence-electron chi connectivity index (χ0n) is 45.2. The third-order valence-corrected chi connectivity index (χ3v) is 18.0. The number of nitrogens with zero attached hydrogens (tertiary/aromatic N) is 1. The van der Waals surface area contributed by atoms with Crippen molar-refractivity contribution in [1.82, 2.24) is 0 Å². The molecule has 0 N–H and O–H groups in total. The van der Waals surface area contributed by atoms with Gasteiger partial charge in [0.25, 0.3) is 0 Å². The van der Waals surface area contributed by atoms with Crippen molar-refractivity contribution in [3.8, 4) is 89.8 Å². The van der Waals surface area contributed by atoms with Crippen LogP contribution in [0.25, 0.3) is 66.8 Å². The smallest absolute Gasteiger partial charge is 0.132 e. The third-order valence-electron chi connectivity index (χ3n) is 18.0. The summed E-state index contributed by atoms with van der Waals surface area (Å²) in [5.41, 5.74) is 26.0. The number of ether oxygens (including phenoxy) is 2. The molecular weight excluding hydrogens is 1010 g/mol. The van der Waals surface area contributed by atoms with Gasteiger partial charge in [0, 0.05) is 39.2 Å². The van der Waals surface area contributed by atoms with Crippen LogP contribution in [-0.2, 0) is 10.8 Å². The Kier molecular flexibility index (Phi) is 10.4. The summed E-state index contributed by atoms with van der Waals surface area (Å²) in [7, 11) is 0. The highest BCUT2D eigenvalue weighted by Gasteiger charge is 2.52. The van der Waals surface area contributed by atoms with Crippen molar-refractivity contribution in [3.63, 3.8) is 0 Å². The molecule has 0 atom stereocenters. The zero-order chi connectivity index (χ0) is 54.6. The first-order valence-electron chi connectivity index (χ1n) is 28.6. The summed E-state index contributed by atoms with van der Waals surface area (Å²) in [5, 5.41) is 0. The van der Waals surface area contributed by atoms with Gasteiger partial charge >= 0.3 is 0 Å². The molecule has 2 heterocycles. The average Bonchev–Trinajstić information content (AvgIpc) is 1.82. The Morgan fingerprint density at radius 1 is 0.205 bits per heavy atom. The third kappa shape index (κ3) is 6.92. The topological polar surface area (TPSA) is 21.7 Å². The molecule has 17 rings (SSSR count). The van der Waals surface area contributed by atoms with E-state index in [4.69, 9.17) is 9.47 Å². The summed E-state index contributed by atoms with van der Waals surface area (Å²) in [6.45, 7) is 0. The van der Waals surface area contributed by atoms with E-state index in [2.05, 4.69) is 314 Å². The molecule has 0 saturated carbocycles. The summed E-state index contributed by atoms with van der Waals surface area (Å²) >= 11 is 0. The Hall–Kier alpha value is -10.7.